The normalized spacial score (nSPS) is 32.9. The maximum Gasteiger partial charge on any atom is 0.166 e. The number of hydrogen-bond donors (Lipinski definition) is 1. The zero-order valence-electron chi connectivity index (χ0n) is 12.8. The Morgan fingerprint density at radius 3 is 3.09 bits per heavy atom. The first-order valence-electron chi connectivity index (χ1n) is 7.67. The molecule has 0 saturated carbocycles. The standard InChI is InChI=1S/C17H20BrNO3/c1-19-6-5-17-4-3-10(20)7-14(17)22-16-13(21-2)8-12(18)11(9-19)15(16)17/h3-4,8,10,14,20H,5-7,9H2,1-2H3/t10?,14?,17-/m0/s1. The molecule has 2 heterocycles. The van der Waals surface area contributed by atoms with Crippen molar-refractivity contribution in [3.05, 3.63) is 33.8 Å². The van der Waals surface area contributed by atoms with E-state index in [1.54, 1.807) is 7.11 Å². The molecular formula is C17H20BrNO3. The molecule has 1 N–H and O–H groups in total. The Morgan fingerprint density at radius 1 is 1.50 bits per heavy atom. The second kappa shape index (κ2) is 4.98. The monoisotopic (exact) mass is 365 g/mol. The number of methoxy groups -OCH3 is 1. The lowest BCUT2D eigenvalue weighted by Crippen LogP contribution is -2.42. The summed E-state index contributed by atoms with van der Waals surface area (Å²) in [6.07, 6.45) is 5.29. The Hall–Kier alpha value is -1.04. The van der Waals surface area contributed by atoms with Crippen LogP contribution in [0.3, 0.4) is 0 Å². The van der Waals surface area contributed by atoms with Gasteiger partial charge in [-0.3, -0.25) is 0 Å². The van der Waals surface area contributed by atoms with Gasteiger partial charge in [0.05, 0.1) is 18.6 Å². The third-order valence-corrected chi connectivity index (χ3v) is 5.93. The van der Waals surface area contributed by atoms with Gasteiger partial charge >= 0.3 is 0 Å². The maximum atomic E-state index is 10.0. The highest BCUT2D eigenvalue weighted by molar-refractivity contribution is 9.10. The second-order valence-corrected chi connectivity index (χ2v) is 7.39. The Bertz CT molecular complexity index is 660. The fraction of sp³-hybridized carbons (Fsp3) is 0.529. The highest BCUT2D eigenvalue weighted by Gasteiger charge is 2.53. The van der Waals surface area contributed by atoms with Gasteiger partial charge in [0.15, 0.2) is 11.5 Å². The summed E-state index contributed by atoms with van der Waals surface area (Å²) in [5, 5.41) is 10.0. The number of hydrogen-bond acceptors (Lipinski definition) is 4. The summed E-state index contributed by atoms with van der Waals surface area (Å²) < 4.78 is 12.9. The van der Waals surface area contributed by atoms with Gasteiger partial charge in [-0.05, 0) is 31.6 Å². The molecule has 0 amide bonds. The van der Waals surface area contributed by atoms with Crippen LogP contribution in [0.5, 0.6) is 11.5 Å². The van der Waals surface area contributed by atoms with Gasteiger partial charge in [-0.25, -0.2) is 0 Å². The molecule has 22 heavy (non-hydrogen) atoms. The summed E-state index contributed by atoms with van der Waals surface area (Å²) in [5.74, 6) is 1.63. The first-order chi connectivity index (χ1) is 10.5. The lowest BCUT2D eigenvalue weighted by atomic mass is 9.69. The molecule has 4 rings (SSSR count). The molecule has 0 aromatic heterocycles. The van der Waals surface area contributed by atoms with Crippen LogP contribution in [0, 0.1) is 0 Å². The fourth-order valence-corrected chi connectivity index (χ4v) is 4.63. The molecule has 3 atom stereocenters. The highest BCUT2D eigenvalue weighted by atomic mass is 79.9. The largest absolute Gasteiger partial charge is 0.493 e. The van der Waals surface area contributed by atoms with Crippen molar-refractivity contribution < 1.29 is 14.6 Å². The maximum absolute atomic E-state index is 10.0. The van der Waals surface area contributed by atoms with E-state index >= 15 is 0 Å². The molecule has 1 spiro atoms. The van der Waals surface area contributed by atoms with E-state index in [0.29, 0.717) is 6.42 Å². The third-order valence-electron chi connectivity index (χ3n) is 5.23. The molecule has 5 heteroatoms. The summed E-state index contributed by atoms with van der Waals surface area (Å²) in [5.41, 5.74) is 2.38. The highest BCUT2D eigenvalue weighted by Crippen LogP contribution is 2.57. The van der Waals surface area contributed by atoms with Crippen LogP contribution in [0.1, 0.15) is 24.0 Å². The van der Waals surface area contributed by atoms with Crippen molar-refractivity contribution in [1.29, 1.82) is 0 Å². The molecule has 0 radical (unpaired) electrons. The summed E-state index contributed by atoms with van der Waals surface area (Å²) >= 11 is 3.71. The SMILES string of the molecule is COc1cc(Br)c2c3c1OC1CC(O)C=C[C@@]31CCN(C)C2. The second-order valence-electron chi connectivity index (χ2n) is 6.54. The molecule has 1 aliphatic carbocycles. The average molecular weight is 366 g/mol. The molecule has 3 aliphatic rings. The van der Waals surface area contributed by atoms with Gasteiger partial charge in [-0.2, -0.15) is 0 Å². The molecule has 1 aromatic carbocycles. The first kappa shape index (κ1) is 14.5. The van der Waals surface area contributed by atoms with Crippen LogP contribution < -0.4 is 9.47 Å². The van der Waals surface area contributed by atoms with E-state index in [0.717, 1.165) is 35.5 Å². The van der Waals surface area contributed by atoms with Gasteiger partial charge in [0.1, 0.15) is 6.10 Å². The van der Waals surface area contributed by atoms with Gasteiger partial charge < -0.3 is 19.5 Å². The molecular weight excluding hydrogens is 346 g/mol. The number of ether oxygens (including phenoxy) is 2. The Kier molecular flexibility index (Phi) is 3.29. The van der Waals surface area contributed by atoms with Gasteiger partial charge in [0.2, 0.25) is 0 Å². The van der Waals surface area contributed by atoms with Crippen LogP contribution in [-0.4, -0.2) is 42.9 Å². The van der Waals surface area contributed by atoms with Gasteiger partial charge in [-0.1, -0.05) is 28.1 Å². The van der Waals surface area contributed by atoms with E-state index in [-0.39, 0.29) is 11.5 Å². The van der Waals surface area contributed by atoms with E-state index in [1.807, 2.05) is 12.1 Å². The lowest BCUT2D eigenvalue weighted by Gasteiger charge is -2.35. The van der Waals surface area contributed by atoms with Crippen LogP contribution in [0.15, 0.2) is 22.7 Å². The quantitative estimate of drug-likeness (QED) is 0.776. The van der Waals surface area contributed by atoms with E-state index in [1.165, 1.54) is 11.1 Å². The Labute approximate surface area is 138 Å². The number of halogens is 1. The molecule has 0 saturated heterocycles. The number of aliphatic hydroxyl groups is 1. The number of nitrogens with zero attached hydrogens (tertiary/aromatic N) is 1. The van der Waals surface area contributed by atoms with Crippen molar-refractivity contribution in [2.75, 3.05) is 20.7 Å². The van der Waals surface area contributed by atoms with Gasteiger partial charge in [0.25, 0.3) is 0 Å². The van der Waals surface area contributed by atoms with Crippen molar-refractivity contribution in [2.45, 2.75) is 37.0 Å². The molecule has 1 aromatic rings. The third kappa shape index (κ3) is 1.88. The Morgan fingerprint density at radius 2 is 2.32 bits per heavy atom. The summed E-state index contributed by atoms with van der Waals surface area (Å²) in [6.45, 7) is 1.89. The fourth-order valence-electron chi connectivity index (χ4n) is 4.10. The van der Waals surface area contributed by atoms with Crippen LogP contribution in [0.25, 0.3) is 0 Å². The van der Waals surface area contributed by atoms with E-state index < -0.39 is 6.10 Å². The minimum absolute atomic E-state index is 0.0176. The van der Waals surface area contributed by atoms with E-state index in [2.05, 4.69) is 34.0 Å². The average Bonchev–Trinajstić information content (AvgIpc) is 2.74. The molecule has 2 unspecified atom stereocenters. The molecule has 4 nitrogen and oxygen atoms in total. The summed E-state index contributed by atoms with van der Waals surface area (Å²) in [7, 11) is 3.83. The lowest BCUT2D eigenvalue weighted by molar-refractivity contribution is 0.0821. The minimum atomic E-state index is -0.427. The Balaban J connectivity index is 2.00. The summed E-state index contributed by atoms with van der Waals surface area (Å²) in [4.78, 5) is 2.34. The number of rotatable bonds is 1. The van der Waals surface area contributed by atoms with E-state index in [9.17, 15) is 5.11 Å². The van der Waals surface area contributed by atoms with Crippen molar-refractivity contribution >= 4 is 15.9 Å². The van der Waals surface area contributed by atoms with E-state index in [4.69, 9.17) is 9.47 Å². The van der Waals surface area contributed by atoms with Gasteiger partial charge in [0, 0.05) is 23.0 Å². The summed E-state index contributed by atoms with van der Waals surface area (Å²) in [6, 6.07) is 2.00. The predicted molar refractivity (Wildman–Crippen MR) is 87.5 cm³/mol. The predicted octanol–water partition coefficient (Wildman–Crippen LogP) is 2.61. The van der Waals surface area contributed by atoms with Crippen LogP contribution in [0.4, 0.5) is 0 Å². The molecule has 2 aliphatic heterocycles. The van der Waals surface area contributed by atoms with Crippen molar-refractivity contribution in [2.24, 2.45) is 0 Å². The topological polar surface area (TPSA) is 41.9 Å². The zero-order valence-corrected chi connectivity index (χ0v) is 14.4. The van der Waals surface area contributed by atoms with Crippen molar-refractivity contribution in [3.63, 3.8) is 0 Å². The minimum Gasteiger partial charge on any atom is -0.493 e. The van der Waals surface area contributed by atoms with Crippen molar-refractivity contribution in [1.82, 2.24) is 4.90 Å². The number of benzene rings is 1. The smallest absolute Gasteiger partial charge is 0.166 e. The first-order valence-corrected chi connectivity index (χ1v) is 8.47. The van der Waals surface area contributed by atoms with Crippen molar-refractivity contribution in [3.8, 4) is 11.5 Å². The van der Waals surface area contributed by atoms with Crippen LogP contribution >= 0.6 is 15.9 Å². The molecule has 0 bridgehead atoms. The molecule has 0 fully saturated rings. The van der Waals surface area contributed by atoms with Crippen LogP contribution in [0.2, 0.25) is 0 Å². The zero-order chi connectivity index (χ0) is 15.5. The molecule has 118 valence electrons. The van der Waals surface area contributed by atoms with Gasteiger partial charge in [-0.15, -0.1) is 0 Å². The number of aliphatic hydroxyl groups excluding tert-OH is 1. The van der Waals surface area contributed by atoms with Crippen LogP contribution in [-0.2, 0) is 12.0 Å².